The van der Waals surface area contributed by atoms with Crippen molar-refractivity contribution in [3.63, 3.8) is 0 Å². The predicted octanol–water partition coefficient (Wildman–Crippen LogP) is 1.43. The number of aliphatic hydroxyl groups excluding tert-OH is 1. The quantitative estimate of drug-likeness (QED) is 0.884. The normalized spacial score (nSPS) is 19.2. The van der Waals surface area contributed by atoms with Crippen molar-refractivity contribution in [2.75, 3.05) is 12.0 Å². The zero-order valence-electron chi connectivity index (χ0n) is 12.6. The summed E-state index contributed by atoms with van der Waals surface area (Å²) in [7, 11) is 1.37. The fourth-order valence-corrected chi connectivity index (χ4v) is 2.24. The van der Waals surface area contributed by atoms with Gasteiger partial charge in [-0.25, -0.2) is 0 Å². The summed E-state index contributed by atoms with van der Waals surface area (Å²) in [5.74, 6) is 0.0450. The van der Waals surface area contributed by atoms with Crippen LogP contribution in [0.3, 0.4) is 0 Å². The smallest absolute Gasteiger partial charge is 0.261 e. The third-order valence-electron chi connectivity index (χ3n) is 3.30. The first kappa shape index (κ1) is 15.1. The summed E-state index contributed by atoms with van der Waals surface area (Å²) < 4.78 is 10.3. The molecule has 1 atom stereocenters. The number of methoxy groups -OCH3 is 1. The number of carbonyl (C=O) groups excluding carboxylic acids is 1. The van der Waals surface area contributed by atoms with Crippen molar-refractivity contribution in [3.05, 3.63) is 22.7 Å². The van der Waals surface area contributed by atoms with E-state index in [2.05, 4.69) is 5.16 Å². The highest BCUT2D eigenvalue weighted by Crippen LogP contribution is 2.36. The van der Waals surface area contributed by atoms with Crippen molar-refractivity contribution in [2.45, 2.75) is 39.3 Å². The summed E-state index contributed by atoms with van der Waals surface area (Å²) in [5.41, 5.74) is -0.0365. The maximum atomic E-state index is 12.2. The lowest BCUT2D eigenvalue weighted by atomic mass is 9.90. The minimum Gasteiger partial charge on any atom is -0.496 e. The van der Waals surface area contributed by atoms with Crippen molar-refractivity contribution in [2.24, 2.45) is 0 Å². The highest BCUT2D eigenvalue weighted by Gasteiger charge is 2.42. The van der Waals surface area contributed by atoms with Gasteiger partial charge in [0.1, 0.15) is 11.6 Å². The van der Waals surface area contributed by atoms with Crippen LogP contribution in [0.2, 0.25) is 0 Å². The first-order chi connectivity index (χ1) is 9.73. The van der Waals surface area contributed by atoms with Gasteiger partial charge in [-0.05, 0) is 6.92 Å². The second kappa shape index (κ2) is 4.90. The van der Waals surface area contributed by atoms with Crippen LogP contribution < -0.4 is 4.90 Å². The summed E-state index contributed by atoms with van der Waals surface area (Å²) in [4.78, 5) is 13.3. The van der Waals surface area contributed by atoms with Crippen molar-refractivity contribution in [1.29, 1.82) is 5.26 Å². The molecule has 2 heterocycles. The predicted molar refractivity (Wildman–Crippen MR) is 73.1 cm³/mol. The van der Waals surface area contributed by atoms with Gasteiger partial charge in [0, 0.05) is 5.41 Å². The van der Waals surface area contributed by atoms with Crippen LogP contribution in [0.5, 0.6) is 0 Å². The van der Waals surface area contributed by atoms with Crippen LogP contribution in [0.1, 0.15) is 39.0 Å². The molecule has 112 valence electrons. The Bertz CT molecular complexity index is 661. The second-order valence-corrected chi connectivity index (χ2v) is 5.81. The van der Waals surface area contributed by atoms with Crippen LogP contribution in [-0.4, -0.2) is 29.5 Å². The number of aliphatic hydroxyl groups is 1. The van der Waals surface area contributed by atoms with E-state index in [1.54, 1.807) is 6.92 Å². The maximum Gasteiger partial charge on any atom is 0.261 e. The molecule has 0 saturated carbocycles. The van der Waals surface area contributed by atoms with Gasteiger partial charge >= 0.3 is 0 Å². The Morgan fingerprint density at radius 2 is 2.10 bits per heavy atom. The lowest BCUT2D eigenvalue weighted by Gasteiger charge is -2.19. The van der Waals surface area contributed by atoms with Crippen molar-refractivity contribution >= 4 is 11.7 Å². The molecule has 7 heteroatoms. The summed E-state index contributed by atoms with van der Waals surface area (Å²) in [6.45, 7) is 7.14. The SMILES string of the molecule is COC1=C(C)C(=O)N(c2noc(C(C)(C)C)c2C#N)C1O. The Balaban J connectivity index is 2.54. The number of nitriles is 1. The van der Waals surface area contributed by atoms with Crippen molar-refractivity contribution in [3.8, 4) is 6.07 Å². The molecule has 0 saturated heterocycles. The van der Waals surface area contributed by atoms with E-state index < -0.39 is 17.6 Å². The van der Waals surface area contributed by atoms with Gasteiger partial charge in [-0.3, -0.25) is 9.69 Å². The fourth-order valence-electron chi connectivity index (χ4n) is 2.24. The molecule has 1 aliphatic rings. The summed E-state index contributed by atoms with van der Waals surface area (Å²) in [5, 5.41) is 23.4. The molecule has 1 amide bonds. The third-order valence-corrected chi connectivity index (χ3v) is 3.30. The Labute approximate surface area is 122 Å². The minimum absolute atomic E-state index is 0.00586. The van der Waals surface area contributed by atoms with Crippen molar-refractivity contribution in [1.82, 2.24) is 5.16 Å². The molecular formula is C14H17N3O4. The number of amides is 1. The summed E-state index contributed by atoms with van der Waals surface area (Å²) >= 11 is 0. The minimum atomic E-state index is -1.31. The van der Waals surface area contributed by atoms with Gasteiger partial charge in [-0.2, -0.15) is 5.26 Å². The average molecular weight is 291 g/mol. The van der Waals surface area contributed by atoms with Crippen LogP contribution in [0.25, 0.3) is 0 Å². The second-order valence-electron chi connectivity index (χ2n) is 5.81. The van der Waals surface area contributed by atoms with Gasteiger partial charge in [0.05, 0.1) is 12.7 Å². The number of carbonyl (C=O) groups is 1. The lowest BCUT2D eigenvalue weighted by Crippen LogP contribution is -2.36. The van der Waals surface area contributed by atoms with E-state index in [-0.39, 0.29) is 22.7 Å². The molecule has 2 rings (SSSR count). The first-order valence-corrected chi connectivity index (χ1v) is 6.40. The molecule has 1 unspecified atom stereocenters. The van der Waals surface area contributed by atoms with Crippen LogP contribution in [0.15, 0.2) is 15.9 Å². The van der Waals surface area contributed by atoms with E-state index in [0.717, 1.165) is 4.90 Å². The van der Waals surface area contributed by atoms with Crippen LogP contribution in [0.4, 0.5) is 5.82 Å². The van der Waals surface area contributed by atoms with Gasteiger partial charge in [-0.15, -0.1) is 0 Å². The number of hydrogen-bond acceptors (Lipinski definition) is 6. The molecule has 0 bridgehead atoms. The van der Waals surface area contributed by atoms with Gasteiger partial charge in [0.15, 0.2) is 23.6 Å². The molecule has 0 radical (unpaired) electrons. The molecule has 1 aromatic heterocycles. The van der Waals surface area contributed by atoms with Gasteiger partial charge < -0.3 is 14.4 Å². The lowest BCUT2D eigenvalue weighted by molar-refractivity contribution is -0.115. The molecule has 0 aliphatic carbocycles. The number of ether oxygens (including phenoxy) is 1. The molecule has 21 heavy (non-hydrogen) atoms. The third kappa shape index (κ3) is 2.17. The number of nitrogens with zero attached hydrogens (tertiary/aromatic N) is 3. The largest absolute Gasteiger partial charge is 0.496 e. The van der Waals surface area contributed by atoms with Crippen molar-refractivity contribution < 1.29 is 19.2 Å². The molecule has 1 aliphatic heterocycles. The van der Waals surface area contributed by atoms with Crippen LogP contribution >= 0.6 is 0 Å². The molecule has 0 aromatic carbocycles. The zero-order valence-corrected chi connectivity index (χ0v) is 12.6. The zero-order chi connectivity index (χ0) is 15.9. The van der Waals surface area contributed by atoms with Crippen LogP contribution in [0, 0.1) is 11.3 Å². The van der Waals surface area contributed by atoms with E-state index in [0.29, 0.717) is 5.76 Å². The van der Waals surface area contributed by atoms with E-state index in [9.17, 15) is 15.2 Å². The standard InChI is InChI=1S/C14H17N3O4/c1-7-9(20-5)13(19)17(12(7)18)11-8(6-15)10(21-16-11)14(2,3)4/h13,19H,1-5H3. The Morgan fingerprint density at radius 1 is 1.48 bits per heavy atom. The van der Waals surface area contributed by atoms with E-state index in [1.807, 2.05) is 26.8 Å². The Kier molecular flexibility index (Phi) is 3.51. The number of hydrogen-bond donors (Lipinski definition) is 1. The molecule has 0 fully saturated rings. The average Bonchev–Trinajstić information content (AvgIpc) is 2.90. The monoisotopic (exact) mass is 291 g/mol. The van der Waals surface area contributed by atoms with Gasteiger partial charge in [-0.1, -0.05) is 25.9 Å². The number of anilines is 1. The molecule has 1 aromatic rings. The molecule has 0 spiro atoms. The summed E-state index contributed by atoms with van der Waals surface area (Å²) in [6.07, 6.45) is -1.31. The van der Waals surface area contributed by atoms with Gasteiger partial charge in [0.2, 0.25) is 0 Å². The molecule has 7 nitrogen and oxygen atoms in total. The summed E-state index contributed by atoms with van der Waals surface area (Å²) in [6, 6.07) is 2.00. The Morgan fingerprint density at radius 3 is 2.52 bits per heavy atom. The van der Waals surface area contributed by atoms with Crippen LogP contribution in [-0.2, 0) is 14.9 Å². The highest BCUT2D eigenvalue weighted by molar-refractivity contribution is 6.09. The number of aromatic nitrogens is 1. The molecule has 1 N–H and O–H groups in total. The fraction of sp³-hybridized carbons (Fsp3) is 0.500. The van der Waals surface area contributed by atoms with E-state index >= 15 is 0 Å². The topological polar surface area (TPSA) is 99.6 Å². The van der Waals surface area contributed by atoms with E-state index in [1.165, 1.54) is 7.11 Å². The highest BCUT2D eigenvalue weighted by atomic mass is 16.5. The maximum absolute atomic E-state index is 12.2. The molecular weight excluding hydrogens is 274 g/mol. The first-order valence-electron chi connectivity index (χ1n) is 6.40. The van der Waals surface area contributed by atoms with E-state index in [4.69, 9.17) is 9.26 Å². The van der Waals surface area contributed by atoms with Gasteiger partial charge in [0.25, 0.3) is 5.91 Å². The Hall–Kier alpha value is -2.33. The number of rotatable bonds is 2.